The van der Waals surface area contributed by atoms with Gasteiger partial charge in [-0.25, -0.2) is 0 Å². The van der Waals surface area contributed by atoms with Crippen LogP contribution in [0, 0.1) is 0 Å². The van der Waals surface area contributed by atoms with Crippen molar-refractivity contribution in [2.24, 2.45) is 0 Å². The van der Waals surface area contributed by atoms with Crippen LogP contribution in [-0.2, 0) is 9.53 Å². The van der Waals surface area contributed by atoms with E-state index in [1.807, 2.05) is 18.2 Å². The van der Waals surface area contributed by atoms with E-state index in [1.54, 1.807) is 17.0 Å². The van der Waals surface area contributed by atoms with Gasteiger partial charge >= 0.3 is 0 Å². The van der Waals surface area contributed by atoms with Crippen molar-refractivity contribution in [2.45, 2.75) is 0 Å². The molecule has 1 aromatic rings. The largest absolute Gasteiger partial charge is 0.378 e. The monoisotopic (exact) mass is 265 g/mol. The number of hydrogen-bond donors (Lipinski definition) is 0. The average Bonchev–Trinajstić information content (AvgIpc) is 2.46. The number of benzene rings is 1. The zero-order chi connectivity index (χ0) is 12.8. The molecule has 0 radical (unpaired) electrons. The summed E-state index contributed by atoms with van der Waals surface area (Å²) in [6.45, 7) is 2.42. The lowest BCUT2D eigenvalue weighted by Crippen LogP contribution is -2.41. The highest BCUT2D eigenvalue weighted by atomic mass is 32.2. The molecule has 1 aliphatic heterocycles. The topological polar surface area (TPSA) is 46.6 Å². The van der Waals surface area contributed by atoms with E-state index in [9.17, 15) is 9.59 Å². The third-order valence-corrected chi connectivity index (χ3v) is 3.59. The molecule has 1 aromatic carbocycles. The van der Waals surface area contributed by atoms with Crippen LogP contribution in [0.4, 0.5) is 0 Å². The second kappa shape index (κ2) is 6.56. The minimum absolute atomic E-state index is 0.00702. The van der Waals surface area contributed by atoms with E-state index < -0.39 is 0 Å². The Morgan fingerprint density at radius 2 is 1.83 bits per heavy atom. The summed E-state index contributed by atoms with van der Waals surface area (Å²) in [6, 6.07) is 9.01. The Kier molecular flexibility index (Phi) is 4.78. The van der Waals surface area contributed by atoms with E-state index in [4.69, 9.17) is 4.74 Å². The molecule has 1 heterocycles. The van der Waals surface area contributed by atoms with E-state index in [2.05, 4.69) is 0 Å². The Morgan fingerprint density at radius 3 is 2.50 bits per heavy atom. The van der Waals surface area contributed by atoms with Crippen LogP contribution in [0.2, 0.25) is 0 Å². The van der Waals surface area contributed by atoms with Crippen LogP contribution in [0.15, 0.2) is 30.3 Å². The van der Waals surface area contributed by atoms with E-state index in [0.717, 1.165) is 11.8 Å². The first kappa shape index (κ1) is 13.1. The molecule has 96 valence electrons. The quantitative estimate of drug-likeness (QED) is 0.829. The second-order valence-corrected chi connectivity index (χ2v) is 4.88. The predicted molar refractivity (Wildman–Crippen MR) is 70.6 cm³/mol. The van der Waals surface area contributed by atoms with Crippen molar-refractivity contribution in [1.29, 1.82) is 0 Å². The maximum atomic E-state index is 11.8. The van der Waals surface area contributed by atoms with Gasteiger partial charge in [0.2, 0.25) is 11.0 Å². The molecule has 1 amide bonds. The fourth-order valence-corrected chi connectivity index (χ4v) is 2.43. The third kappa shape index (κ3) is 3.58. The molecule has 18 heavy (non-hydrogen) atoms. The lowest BCUT2D eigenvalue weighted by atomic mass is 10.2. The molecule has 5 heteroatoms. The van der Waals surface area contributed by atoms with E-state index in [-0.39, 0.29) is 16.8 Å². The molecular weight excluding hydrogens is 250 g/mol. The van der Waals surface area contributed by atoms with Crippen molar-refractivity contribution in [3.8, 4) is 0 Å². The van der Waals surface area contributed by atoms with Gasteiger partial charge in [-0.2, -0.15) is 0 Å². The van der Waals surface area contributed by atoms with E-state index in [0.29, 0.717) is 31.9 Å². The van der Waals surface area contributed by atoms with Crippen LogP contribution in [0.5, 0.6) is 0 Å². The van der Waals surface area contributed by atoms with Gasteiger partial charge in [-0.15, -0.1) is 0 Å². The minimum atomic E-state index is -0.0581. The molecular formula is C13H15NO3S. The summed E-state index contributed by atoms with van der Waals surface area (Å²) < 4.78 is 5.18. The van der Waals surface area contributed by atoms with E-state index >= 15 is 0 Å². The summed E-state index contributed by atoms with van der Waals surface area (Å²) in [4.78, 5) is 25.4. The summed E-state index contributed by atoms with van der Waals surface area (Å²) in [5.41, 5.74) is 0.636. The molecule has 0 N–H and O–H groups in total. The highest BCUT2D eigenvalue weighted by Gasteiger charge is 2.18. The standard InChI is InChI=1S/C13H15NO3S/c15-12(14-6-8-17-9-7-14)10-18-13(16)11-4-2-1-3-5-11/h1-5H,6-10H2. The summed E-state index contributed by atoms with van der Waals surface area (Å²) in [7, 11) is 0. The number of carbonyl (C=O) groups excluding carboxylic acids is 2. The van der Waals surface area contributed by atoms with Gasteiger partial charge in [-0.1, -0.05) is 42.1 Å². The van der Waals surface area contributed by atoms with E-state index in [1.165, 1.54) is 0 Å². The van der Waals surface area contributed by atoms with Crippen LogP contribution in [0.1, 0.15) is 10.4 Å². The van der Waals surface area contributed by atoms with Gasteiger partial charge in [-0.3, -0.25) is 9.59 Å². The molecule has 0 spiro atoms. The van der Waals surface area contributed by atoms with Crippen molar-refractivity contribution < 1.29 is 14.3 Å². The van der Waals surface area contributed by atoms with Gasteiger partial charge in [0.25, 0.3) is 0 Å². The normalized spacial score (nSPS) is 15.4. The lowest BCUT2D eigenvalue weighted by molar-refractivity contribution is -0.132. The Hall–Kier alpha value is -1.33. The van der Waals surface area contributed by atoms with Crippen molar-refractivity contribution >= 4 is 22.8 Å². The van der Waals surface area contributed by atoms with Gasteiger partial charge in [-0.05, 0) is 0 Å². The predicted octanol–water partition coefficient (Wildman–Crippen LogP) is 1.42. The Morgan fingerprint density at radius 1 is 1.17 bits per heavy atom. The summed E-state index contributed by atoms with van der Waals surface area (Å²) >= 11 is 1.06. The molecule has 0 aromatic heterocycles. The van der Waals surface area contributed by atoms with Crippen molar-refractivity contribution in [1.82, 2.24) is 4.90 Å². The Bertz CT molecular complexity index is 416. The maximum absolute atomic E-state index is 11.8. The third-order valence-electron chi connectivity index (χ3n) is 2.70. The van der Waals surface area contributed by atoms with Crippen LogP contribution >= 0.6 is 11.8 Å². The molecule has 0 bridgehead atoms. The number of nitrogens with zero attached hydrogens (tertiary/aromatic N) is 1. The Balaban J connectivity index is 1.80. The molecule has 2 rings (SSSR count). The van der Waals surface area contributed by atoms with Gasteiger partial charge in [0, 0.05) is 18.7 Å². The SMILES string of the molecule is O=C(SCC(=O)N1CCOCC1)c1ccccc1. The number of morpholine rings is 1. The maximum Gasteiger partial charge on any atom is 0.233 e. The summed E-state index contributed by atoms with van der Waals surface area (Å²) in [5, 5.41) is -0.0581. The zero-order valence-corrected chi connectivity index (χ0v) is 10.8. The smallest absolute Gasteiger partial charge is 0.233 e. The Labute approximate surface area is 110 Å². The number of thioether (sulfide) groups is 1. The van der Waals surface area contributed by atoms with Gasteiger partial charge in [0.05, 0.1) is 19.0 Å². The minimum Gasteiger partial charge on any atom is -0.378 e. The van der Waals surface area contributed by atoms with Crippen LogP contribution in [0.25, 0.3) is 0 Å². The lowest BCUT2D eigenvalue weighted by Gasteiger charge is -2.26. The average molecular weight is 265 g/mol. The highest BCUT2D eigenvalue weighted by Crippen LogP contribution is 2.13. The van der Waals surface area contributed by atoms with Crippen LogP contribution in [-0.4, -0.2) is 48.0 Å². The second-order valence-electron chi connectivity index (χ2n) is 3.94. The molecule has 1 saturated heterocycles. The van der Waals surface area contributed by atoms with Crippen molar-refractivity contribution in [2.75, 3.05) is 32.1 Å². The molecule has 0 saturated carbocycles. The summed E-state index contributed by atoms with van der Waals surface area (Å²) in [5.74, 6) is 0.209. The fraction of sp³-hybridized carbons (Fsp3) is 0.385. The number of carbonyl (C=O) groups is 2. The summed E-state index contributed by atoms with van der Waals surface area (Å²) in [6.07, 6.45) is 0. The molecule has 4 nitrogen and oxygen atoms in total. The first-order chi connectivity index (χ1) is 8.77. The zero-order valence-electron chi connectivity index (χ0n) is 10.0. The number of rotatable bonds is 3. The molecule has 1 aliphatic rings. The van der Waals surface area contributed by atoms with Gasteiger partial charge in [0.15, 0.2) is 0 Å². The fourth-order valence-electron chi connectivity index (χ4n) is 1.69. The first-order valence-corrected chi connectivity index (χ1v) is 6.83. The number of amides is 1. The van der Waals surface area contributed by atoms with Crippen molar-refractivity contribution in [3.05, 3.63) is 35.9 Å². The van der Waals surface area contributed by atoms with Gasteiger partial charge in [0.1, 0.15) is 0 Å². The van der Waals surface area contributed by atoms with Gasteiger partial charge < -0.3 is 9.64 Å². The number of hydrogen-bond acceptors (Lipinski definition) is 4. The molecule has 0 atom stereocenters. The van der Waals surface area contributed by atoms with Crippen LogP contribution in [0.3, 0.4) is 0 Å². The van der Waals surface area contributed by atoms with Crippen molar-refractivity contribution in [3.63, 3.8) is 0 Å². The number of ether oxygens (including phenoxy) is 1. The molecule has 0 unspecified atom stereocenters. The molecule has 0 aliphatic carbocycles. The van der Waals surface area contributed by atoms with Crippen LogP contribution < -0.4 is 0 Å². The first-order valence-electron chi connectivity index (χ1n) is 5.85. The molecule has 1 fully saturated rings. The highest BCUT2D eigenvalue weighted by molar-refractivity contribution is 8.14.